The fraction of sp³-hybridized carbons (Fsp3) is 0.364. The van der Waals surface area contributed by atoms with Gasteiger partial charge in [-0.3, -0.25) is 4.98 Å². The number of para-hydroxylation sites is 1. The first-order valence-corrected chi connectivity index (χ1v) is 12.9. The number of rotatable bonds is 7. The number of aromatic hydroxyl groups is 1. The highest BCUT2D eigenvalue weighted by Crippen LogP contribution is 2.24. The second kappa shape index (κ2) is 24.8. The lowest BCUT2D eigenvalue weighted by Gasteiger charge is -2.06. The lowest BCUT2D eigenvalue weighted by molar-refractivity contribution is 0.474. The van der Waals surface area contributed by atoms with Gasteiger partial charge in [-0.05, 0) is 64.8 Å². The molecule has 0 atom stereocenters. The SMILES string of the molecule is C=C(C=C(C)C)c1ccccc1O.C=C(NCCC)c1cccnc1.C=CC(C)=C(C)C.CC.CC. The van der Waals surface area contributed by atoms with Crippen LogP contribution in [-0.4, -0.2) is 16.6 Å². The van der Waals surface area contributed by atoms with E-state index in [1.807, 2.05) is 84.2 Å². The Labute approximate surface area is 223 Å². The number of aromatic nitrogens is 1. The fourth-order valence-electron chi connectivity index (χ4n) is 2.29. The van der Waals surface area contributed by atoms with E-state index in [-0.39, 0.29) is 5.75 Å². The molecule has 0 bridgehead atoms. The maximum atomic E-state index is 9.50. The first kappa shape index (κ1) is 37.2. The van der Waals surface area contributed by atoms with Gasteiger partial charge in [0.05, 0.1) is 0 Å². The lowest BCUT2D eigenvalue weighted by atomic mass is 10.0. The normalized spacial score (nSPS) is 8.39. The summed E-state index contributed by atoms with van der Waals surface area (Å²) in [7, 11) is 0. The number of benzene rings is 1. The number of nitrogens with one attached hydrogen (secondary N) is 1. The molecule has 1 aromatic carbocycles. The molecule has 0 aliphatic carbocycles. The Morgan fingerprint density at radius 3 is 1.92 bits per heavy atom. The van der Waals surface area contributed by atoms with Crippen LogP contribution in [0.25, 0.3) is 11.3 Å². The third kappa shape index (κ3) is 19.0. The number of hydrogen-bond donors (Lipinski definition) is 2. The summed E-state index contributed by atoms with van der Waals surface area (Å²) in [5.41, 5.74) is 7.45. The van der Waals surface area contributed by atoms with E-state index in [0.29, 0.717) is 0 Å². The van der Waals surface area contributed by atoms with Crippen molar-refractivity contribution in [3.8, 4) is 5.75 Å². The van der Waals surface area contributed by atoms with E-state index < -0.39 is 0 Å². The van der Waals surface area contributed by atoms with Crippen molar-refractivity contribution >= 4 is 11.3 Å². The highest BCUT2D eigenvalue weighted by atomic mass is 16.3. The number of pyridine rings is 1. The smallest absolute Gasteiger partial charge is 0.123 e. The van der Waals surface area contributed by atoms with Gasteiger partial charge in [-0.25, -0.2) is 0 Å². The van der Waals surface area contributed by atoms with Crippen LogP contribution in [-0.2, 0) is 0 Å². The van der Waals surface area contributed by atoms with Crippen molar-refractivity contribution in [2.24, 2.45) is 0 Å². The van der Waals surface area contributed by atoms with E-state index in [1.54, 1.807) is 18.3 Å². The predicted octanol–water partition coefficient (Wildman–Crippen LogP) is 10.0. The molecule has 0 aliphatic heterocycles. The third-order valence-corrected chi connectivity index (χ3v) is 4.41. The second-order valence-corrected chi connectivity index (χ2v) is 7.80. The van der Waals surface area contributed by atoms with Gasteiger partial charge in [0, 0.05) is 35.8 Å². The molecule has 0 saturated carbocycles. The highest BCUT2D eigenvalue weighted by molar-refractivity contribution is 5.76. The predicted molar refractivity (Wildman–Crippen MR) is 165 cm³/mol. The van der Waals surface area contributed by atoms with Gasteiger partial charge in [-0.2, -0.15) is 0 Å². The van der Waals surface area contributed by atoms with Crippen LogP contribution in [0.5, 0.6) is 5.75 Å². The standard InChI is InChI=1S/C12H14O.C10H14N2.C7H12.2C2H6/c1-9(2)8-10(3)11-6-4-5-7-12(11)13;1-3-6-12-9(2)10-5-4-7-11-8-10;1-5-7(4)6(2)3;2*1-2/h4-8,13H,3H2,1-2H3;4-5,7-8,12H,2-3,6H2,1H3;5H,1H2,2-4H3;2*1-2H3. The molecule has 0 radical (unpaired) electrons. The Hall–Kier alpha value is -3.33. The zero-order chi connectivity index (χ0) is 28.5. The molecule has 0 amide bonds. The minimum atomic E-state index is 0.282. The third-order valence-electron chi connectivity index (χ3n) is 4.41. The van der Waals surface area contributed by atoms with E-state index in [0.717, 1.165) is 35.4 Å². The summed E-state index contributed by atoms with van der Waals surface area (Å²) in [5, 5.41) is 12.7. The molecule has 1 aromatic heterocycles. The van der Waals surface area contributed by atoms with Crippen molar-refractivity contribution in [1.29, 1.82) is 0 Å². The van der Waals surface area contributed by atoms with Crippen LogP contribution < -0.4 is 5.32 Å². The molecule has 200 valence electrons. The minimum absolute atomic E-state index is 0.282. The topological polar surface area (TPSA) is 45.1 Å². The number of hydrogen-bond acceptors (Lipinski definition) is 3. The average Bonchev–Trinajstić information content (AvgIpc) is 2.90. The maximum Gasteiger partial charge on any atom is 0.123 e. The summed E-state index contributed by atoms with van der Waals surface area (Å²) in [6.07, 6.45) is 8.51. The van der Waals surface area contributed by atoms with Crippen molar-refractivity contribution in [2.45, 2.75) is 75.7 Å². The van der Waals surface area contributed by atoms with Crippen LogP contribution in [0.15, 0.2) is 97.4 Å². The van der Waals surface area contributed by atoms with E-state index >= 15 is 0 Å². The monoisotopic (exact) mass is 492 g/mol. The van der Waals surface area contributed by atoms with E-state index in [4.69, 9.17) is 0 Å². The van der Waals surface area contributed by atoms with Crippen LogP contribution in [0.2, 0.25) is 0 Å². The van der Waals surface area contributed by atoms with Crippen LogP contribution in [0, 0.1) is 0 Å². The Balaban J connectivity index is -0.000000439. The summed E-state index contributed by atoms with van der Waals surface area (Å²) >= 11 is 0. The summed E-state index contributed by atoms with van der Waals surface area (Å²) in [4.78, 5) is 4.01. The highest BCUT2D eigenvalue weighted by Gasteiger charge is 2.00. The molecule has 0 aliphatic rings. The fourth-order valence-corrected chi connectivity index (χ4v) is 2.29. The molecule has 2 aromatic rings. The van der Waals surface area contributed by atoms with E-state index in [1.165, 1.54) is 16.7 Å². The summed E-state index contributed by atoms with van der Waals surface area (Å²) < 4.78 is 0. The van der Waals surface area contributed by atoms with Crippen molar-refractivity contribution in [2.75, 3.05) is 6.54 Å². The molecule has 3 heteroatoms. The average molecular weight is 493 g/mol. The molecule has 2 N–H and O–H groups in total. The van der Waals surface area contributed by atoms with Gasteiger partial charge in [-0.15, -0.1) is 0 Å². The Morgan fingerprint density at radius 1 is 0.944 bits per heavy atom. The van der Waals surface area contributed by atoms with Gasteiger partial charge >= 0.3 is 0 Å². The van der Waals surface area contributed by atoms with Gasteiger partial charge in [0.15, 0.2) is 0 Å². The van der Waals surface area contributed by atoms with Crippen LogP contribution in [0.4, 0.5) is 0 Å². The van der Waals surface area contributed by atoms with E-state index in [9.17, 15) is 5.11 Å². The van der Waals surface area contributed by atoms with Crippen molar-refractivity contribution in [1.82, 2.24) is 10.3 Å². The molecular weight excluding hydrogens is 440 g/mol. The number of phenols is 1. The Bertz CT molecular complexity index is 914. The van der Waals surface area contributed by atoms with Crippen LogP contribution in [0.3, 0.4) is 0 Å². The zero-order valence-electron chi connectivity index (χ0n) is 24.7. The molecule has 0 spiro atoms. The van der Waals surface area contributed by atoms with Crippen molar-refractivity contribution in [3.05, 3.63) is 109 Å². The van der Waals surface area contributed by atoms with Gasteiger partial charge in [0.25, 0.3) is 0 Å². The van der Waals surface area contributed by atoms with Crippen LogP contribution in [0.1, 0.15) is 86.8 Å². The summed E-state index contributed by atoms with van der Waals surface area (Å²) in [5.74, 6) is 0.282. The van der Waals surface area contributed by atoms with Gasteiger partial charge in [0.1, 0.15) is 5.75 Å². The first-order chi connectivity index (χ1) is 17.1. The second-order valence-electron chi connectivity index (χ2n) is 7.80. The largest absolute Gasteiger partial charge is 0.507 e. The van der Waals surface area contributed by atoms with Gasteiger partial charge in [0.2, 0.25) is 0 Å². The summed E-state index contributed by atoms with van der Waals surface area (Å²) in [6.45, 7) is 32.7. The molecule has 2 rings (SSSR count). The molecule has 3 nitrogen and oxygen atoms in total. The molecule has 0 unspecified atom stereocenters. The number of allylic oxidation sites excluding steroid dienone is 6. The molecule has 36 heavy (non-hydrogen) atoms. The molecule has 0 saturated heterocycles. The molecular formula is C33H52N2O. The van der Waals surface area contributed by atoms with Gasteiger partial charge < -0.3 is 10.4 Å². The van der Waals surface area contributed by atoms with Crippen LogP contribution >= 0.6 is 0 Å². The van der Waals surface area contributed by atoms with Gasteiger partial charge in [-0.1, -0.05) is 101 Å². The Morgan fingerprint density at radius 2 is 1.53 bits per heavy atom. The molecule has 0 fully saturated rings. The molecule has 1 heterocycles. The lowest BCUT2D eigenvalue weighted by Crippen LogP contribution is -2.11. The first-order valence-electron chi connectivity index (χ1n) is 12.9. The quantitative estimate of drug-likeness (QED) is 0.378. The minimum Gasteiger partial charge on any atom is -0.507 e. The maximum absolute atomic E-state index is 9.50. The summed E-state index contributed by atoms with van der Waals surface area (Å²) in [6, 6.07) is 11.1. The van der Waals surface area contributed by atoms with E-state index in [2.05, 4.69) is 57.7 Å². The zero-order valence-corrected chi connectivity index (χ0v) is 24.7. The Kier molecular flexibility index (Phi) is 25.6. The van der Waals surface area contributed by atoms with Crippen molar-refractivity contribution < 1.29 is 5.11 Å². The number of phenolic OH excluding ortho intramolecular Hbond substituents is 1. The van der Waals surface area contributed by atoms with Crippen molar-refractivity contribution in [3.63, 3.8) is 0 Å². The number of nitrogens with zero attached hydrogens (tertiary/aromatic N) is 1.